The molecule has 2 aromatic heterocycles. The van der Waals surface area contributed by atoms with Crippen LogP contribution in [0.5, 0.6) is 0 Å². The molecule has 2 heterocycles. The van der Waals surface area contributed by atoms with Crippen molar-refractivity contribution in [1.29, 1.82) is 0 Å². The highest BCUT2D eigenvalue weighted by Crippen LogP contribution is 2.18. The van der Waals surface area contributed by atoms with Crippen molar-refractivity contribution < 1.29 is 14.3 Å². The van der Waals surface area contributed by atoms with Crippen molar-refractivity contribution in [3.63, 3.8) is 0 Å². The van der Waals surface area contributed by atoms with Gasteiger partial charge in [0, 0.05) is 28.0 Å². The maximum atomic E-state index is 12.4. The molecule has 32 heavy (non-hydrogen) atoms. The number of hydrogen-bond acceptors (Lipinski definition) is 6. The summed E-state index contributed by atoms with van der Waals surface area (Å²) in [5.74, 6) is 0.798. The SMILES string of the molecule is Cc1nc2nc(CNC(=O)OC(C)(C)C)nn2c(C)c1CCC(=O)Nc1ccc(Br)cc1. The van der Waals surface area contributed by atoms with E-state index in [2.05, 4.69) is 41.6 Å². The van der Waals surface area contributed by atoms with Crippen LogP contribution in [0.2, 0.25) is 0 Å². The number of nitrogens with zero attached hydrogens (tertiary/aromatic N) is 4. The fraction of sp³-hybridized carbons (Fsp3) is 0.409. The van der Waals surface area contributed by atoms with E-state index in [1.807, 2.05) is 38.1 Å². The lowest BCUT2D eigenvalue weighted by molar-refractivity contribution is -0.116. The lowest BCUT2D eigenvalue weighted by atomic mass is 10.1. The zero-order valence-corrected chi connectivity index (χ0v) is 20.4. The quantitative estimate of drug-likeness (QED) is 0.524. The van der Waals surface area contributed by atoms with E-state index in [9.17, 15) is 9.59 Å². The number of rotatable bonds is 6. The second-order valence-electron chi connectivity index (χ2n) is 8.41. The van der Waals surface area contributed by atoms with Gasteiger partial charge >= 0.3 is 6.09 Å². The van der Waals surface area contributed by atoms with Crippen LogP contribution in [-0.4, -0.2) is 37.2 Å². The third kappa shape index (κ3) is 6.25. The molecule has 3 rings (SSSR count). The van der Waals surface area contributed by atoms with Gasteiger partial charge < -0.3 is 15.4 Å². The van der Waals surface area contributed by atoms with Crippen LogP contribution in [0.3, 0.4) is 0 Å². The fourth-order valence-electron chi connectivity index (χ4n) is 3.15. The molecule has 0 saturated heterocycles. The third-order valence-electron chi connectivity index (χ3n) is 4.61. The van der Waals surface area contributed by atoms with Gasteiger partial charge in [0.05, 0.1) is 6.54 Å². The number of anilines is 1. The Hall–Kier alpha value is -3.01. The standard InChI is InChI=1S/C22H27BrN6O3/c1-13-17(10-11-19(30)26-16-8-6-15(23)7-9-16)14(2)29-20(25-13)27-18(28-29)12-24-21(31)32-22(3,4)5/h6-9H,10-12H2,1-5H3,(H,24,31)(H,26,30). The molecule has 0 fully saturated rings. The molecule has 0 aliphatic heterocycles. The number of aryl methyl sites for hydroxylation is 2. The summed E-state index contributed by atoms with van der Waals surface area (Å²) in [6, 6.07) is 7.44. The van der Waals surface area contributed by atoms with Crippen LogP contribution >= 0.6 is 15.9 Å². The Morgan fingerprint density at radius 2 is 1.81 bits per heavy atom. The molecule has 10 heteroatoms. The Labute approximate surface area is 195 Å². The number of amides is 2. The lowest BCUT2D eigenvalue weighted by Gasteiger charge is -2.19. The van der Waals surface area contributed by atoms with Crippen LogP contribution in [0.15, 0.2) is 28.7 Å². The predicted molar refractivity (Wildman–Crippen MR) is 124 cm³/mol. The zero-order chi connectivity index (χ0) is 23.5. The van der Waals surface area contributed by atoms with Crippen LogP contribution in [-0.2, 0) is 22.5 Å². The minimum absolute atomic E-state index is 0.0768. The number of fused-ring (bicyclic) bond motifs is 1. The molecule has 2 amide bonds. The van der Waals surface area contributed by atoms with Gasteiger partial charge in [-0.15, -0.1) is 5.10 Å². The summed E-state index contributed by atoms with van der Waals surface area (Å²) < 4.78 is 7.82. The summed E-state index contributed by atoms with van der Waals surface area (Å²) in [6.07, 6.45) is 0.302. The number of carbonyl (C=O) groups excluding carboxylic acids is 2. The Morgan fingerprint density at radius 1 is 1.12 bits per heavy atom. The van der Waals surface area contributed by atoms with Crippen molar-refractivity contribution in [2.24, 2.45) is 0 Å². The molecule has 170 valence electrons. The van der Waals surface area contributed by atoms with Gasteiger partial charge in [0.1, 0.15) is 5.60 Å². The first-order valence-corrected chi connectivity index (χ1v) is 11.0. The van der Waals surface area contributed by atoms with E-state index in [0.717, 1.165) is 27.1 Å². The van der Waals surface area contributed by atoms with E-state index in [4.69, 9.17) is 4.74 Å². The summed E-state index contributed by atoms with van der Waals surface area (Å²) in [7, 11) is 0. The summed E-state index contributed by atoms with van der Waals surface area (Å²) in [5, 5.41) is 10.00. The van der Waals surface area contributed by atoms with Crippen molar-refractivity contribution in [3.8, 4) is 0 Å². The van der Waals surface area contributed by atoms with Gasteiger partial charge in [-0.2, -0.15) is 4.98 Å². The monoisotopic (exact) mass is 502 g/mol. The molecule has 0 bridgehead atoms. The van der Waals surface area contributed by atoms with Gasteiger partial charge in [0.25, 0.3) is 5.78 Å². The molecule has 0 aliphatic rings. The first kappa shape index (κ1) is 23.6. The zero-order valence-electron chi connectivity index (χ0n) is 18.8. The van der Waals surface area contributed by atoms with Crippen LogP contribution in [0, 0.1) is 13.8 Å². The topological polar surface area (TPSA) is 111 Å². The molecule has 0 saturated carbocycles. The number of halogens is 1. The maximum Gasteiger partial charge on any atom is 0.408 e. The number of carbonyl (C=O) groups is 2. The van der Waals surface area contributed by atoms with Crippen molar-refractivity contribution in [1.82, 2.24) is 24.9 Å². The normalized spacial score (nSPS) is 11.4. The van der Waals surface area contributed by atoms with Gasteiger partial charge in [-0.1, -0.05) is 15.9 Å². The number of aromatic nitrogens is 4. The van der Waals surface area contributed by atoms with Crippen LogP contribution in [0.1, 0.15) is 50.0 Å². The van der Waals surface area contributed by atoms with Gasteiger partial charge in [-0.3, -0.25) is 4.79 Å². The highest BCUT2D eigenvalue weighted by Gasteiger charge is 2.18. The smallest absolute Gasteiger partial charge is 0.408 e. The number of nitrogens with one attached hydrogen (secondary N) is 2. The minimum Gasteiger partial charge on any atom is -0.444 e. The Morgan fingerprint density at radius 3 is 2.47 bits per heavy atom. The average molecular weight is 503 g/mol. The summed E-state index contributed by atoms with van der Waals surface area (Å²) >= 11 is 3.38. The van der Waals surface area contributed by atoms with Crippen LogP contribution in [0.25, 0.3) is 5.78 Å². The van der Waals surface area contributed by atoms with Crippen molar-refractivity contribution in [2.45, 2.75) is 59.6 Å². The van der Waals surface area contributed by atoms with E-state index in [-0.39, 0.29) is 12.5 Å². The van der Waals surface area contributed by atoms with Crippen molar-refractivity contribution in [3.05, 3.63) is 51.5 Å². The van der Waals surface area contributed by atoms with E-state index >= 15 is 0 Å². The first-order chi connectivity index (χ1) is 15.0. The summed E-state index contributed by atoms with van der Waals surface area (Å²) in [6.45, 7) is 9.33. The van der Waals surface area contributed by atoms with Crippen molar-refractivity contribution in [2.75, 3.05) is 5.32 Å². The lowest BCUT2D eigenvalue weighted by Crippen LogP contribution is -2.32. The predicted octanol–water partition coefficient (Wildman–Crippen LogP) is 4.10. The second-order valence-corrected chi connectivity index (χ2v) is 9.33. The van der Waals surface area contributed by atoms with E-state index < -0.39 is 11.7 Å². The van der Waals surface area contributed by atoms with Crippen LogP contribution in [0.4, 0.5) is 10.5 Å². The molecular weight excluding hydrogens is 476 g/mol. The molecule has 0 aliphatic carbocycles. The number of ether oxygens (including phenoxy) is 1. The summed E-state index contributed by atoms with van der Waals surface area (Å²) in [4.78, 5) is 33.2. The summed E-state index contributed by atoms with van der Waals surface area (Å²) in [5.41, 5.74) is 2.77. The molecule has 0 unspecified atom stereocenters. The van der Waals surface area contributed by atoms with E-state index in [0.29, 0.717) is 24.4 Å². The van der Waals surface area contributed by atoms with Crippen LogP contribution < -0.4 is 10.6 Å². The minimum atomic E-state index is -0.579. The van der Waals surface area contributed by atoms with Gasteiger partial charge in [0.2, 0.25) is 5.91 Å². The molecule has 0 atom stereocenters. The largest absolute Gasteiger partial charge is 0.444 e. The Bertz CT molecular complexity index is 1140. The van der Waals surface area contributed by atoms with Gasteiger partial charge in [-0.25, -0.2) is 14.3 Å². The molecule has 1 aromatic carbocycles. The number of benzene rings is 1. The molecule has 2 N–H and O–H groups in total. The molecule has 0 radical (unpaired) electrons. The third-order valence-corrected chi connectivity index (χ3v) is 5.14. The molecule has 9 nitrogen and oxygen atoms in total. The van der Waals surface area contributed by atoms with Gasteiger partial charge in [0.15, 0.2) is 5.82 Å². The van der Waals surface area contributed by atoms with E-state index in [1.165, 1.54) is 0 Å². The van der Waals surface area contributed by atoms with Gasteiger partial charge in [-0.05, 0) is 70.9 Å². The first-order valence-electron chi connectivity index (χ1n) is 10.3. The Balaban J connectivity index is 1.67. The second kappa shape index (κ2) is 9.64. The van der Waals surface area contributed by atoms with E-state index in [1.54, 1.807) is 25.3 Å². The Kier molecular flexibility index (Phi) is 7.12. The average Bonchev–Trinajstić information content (AvgIpc) is 3.10. The maximum absolute atomic E-state index is 12.4. The molecular formula is C22H27BrN6O3. The number of alkyl carbamates (subject to hydrolysis) is 1. The molecule has 3 aromatic rings. The highest BCUT2D eigenvalue weighted by molar-refractivity contribution is 9.10. The molecule has 0 spiro atoms. The fourth-order valence-corrected chi connectivity index (χ4v) is 3.41. The highest BCUT2D eigenvalue weighted by atomic mass is 79.9. The number of hydrogen-bond donors (Lipinski definition) is 2. The van der Waals surface area contributed by atoms with Crippen molar-refractivity contribution >= 4 is 39.4 Å².